The topological polar surface area (TPSA) is 83.8 Å². The van der Waals surface area contributed by atoms with Crippen LogP contribution in [0, 0.1) is 0 Å². The van der Waals surface area contributed by atoms with Crippen LogP contribution in [0.3, 0.4) is 0 Å². The summed E-state index contributed by atoms with van der Waals surface area (Å²) in [5, 5.41) is 19.2. The molecular weight excluding hydrogens is 476 g/mol. The van der Waals surface area contributed by atoms with Gasteiger partial charge in [-0.05, 0) is 30.3 Å². The van der Waals surface area contributed by atoms with Crippen LogP contribution in [0.5, 0.6) is 11.5 Å². The van der Waals surface area contributed by atoms with Crippen LogP contribution in [0.1, 0.15) is 43.0 Å². The molecule has 0 bridgehead atoms. The van der Waals surface area contributed by atoms with E-state index in [0.29, 0.717) is 5.56 Å². The van der Waals surface area contributed by atoms with E-state index in [1.807, 2.05) is 72.8 Å². The molecule has 5 aromatic carbocycles. The van der Waals surface area contributed by atoms with Crippen molar-refractivity contribution in [2.75, 3.05) is 0 Å². The van der Waals surface area contributed by atoms with Crippen molar-refractivity contribution in [3.63, 3.8) is 0 Å². The number of ketones is 1. The van der Waals surface area contributed by atoms with Crippen molar-refractivity contribution in [1.82, 2.24) is 0 Å². The van der Waals surface area contributed by atoms with E-state index >= 15 is 0 Å². The molecule has 5 nitrogen and oxygen atoms in total. The quantitative estimate of drug-likeness (QED) is 0.218. The lowest BCUT2D eigenvalue weighted by Crippen LogP contribution is -2.29. The highest BCUT2D eigenvalue weighted by Gasteiger charge is 2.48. The Labute approximate surface area is 220 Å². The summed E-state index contributed by atoms with van der Waals surface area (Å²) in [6.45, 7) is 0. The summed E-state index contributed by atoms with van der Waals surface area (Å²) < 4.78 is 5.87. The average Bonchev–Trinajstić information content (AvgIpc) is 3.28. The van der Waals surface area contributed by atoms with Gasteiger partial charge in [-0.25, -0.2) is 4.79 Å². The number of aromatic hydroxyl groups is 2. The van der Waals surface area contributed by atoms with E-state index in [9.17, 15) is 19.8 Å². The van der Waals surface area contributed by atoms with Gasteiger partial charge in [0.25, 0.3) is 0 Å². The van der Waals surface area contributed by atoms with Gasteiger partial charge in [0.1, 0.15) is 11.5 Å². The molecule has 0 unspecified atom stereocenters. The van der Waals surface area contributed by atoms with E-state index in [4.69, 9.17) is 4.74 Å². The number of esters is 1. The minimum atomic E-state index is -1.10. The SMILES string of the molecule is O=C(c1ccccc1)c1ccccc1.O=C1OC(c2ccc(O)cc2)(c2ccc(O)cc2)c2ccccc21. The molecule has 0 amide bonds. The zero-order chi connectivity index (χ0) is 26.5. The van der Waals surface area contributed by atoms with Crippen molar-refractivity contribution in [1.29, 1.82) is 0 Å². The van der Waals surface area contributed by atoms with Gasteiger partial charge in [0, 0.05) is 27.8 Å². The van der Waals surface area contributed by atoms with Crippen molar-refractivity contribution in [3.8, 4) is 11.5 Å². The standard InChI is InChI=1S/C20H14O4.C13H10O/c21-15-9-5-13(6-10-15)20(14-7-11-16(22)12-8-14)18-4-2-1-3-17(18)19(23)24-20;14-13(11-7-3-1-4-8-11)12-9-5-2-6-10-12/h1-12,21-22H;1-10H. The molecule has 38 heavy (non-hydrogen) atoms. The predicted molar refractivity (Wildman–Crippen MR) is 144 cm³/mol. The molecule has 5 aromatic rings. The summed E-state index contributed by atoms with van der Waals surface area (Å²) in [6.07, 6.45) is 0. The van der Waals surface area contributed by atoms with Crippen molar-refractivity contribution >= 4 is 11.8 Å². The fraction of sp³-hybridized carbons (Fsp3) is 0.0303. The summed E-state index contributed by atoms with van der Waals surface area (Å²) in [6, 6.07) is 39.0. The van der Waals surface area contributed by atoms with Crippen LogP contribution in [0.15, 0.2) is 133 Å². The lowest BCUT2D eigenvalue weighted by Gasteiger charge is -2.30. The maximum atomic E-state index is 12.4. The van der Waals surface area contributed by atoms with E-state index in [0.717, 1.165) is 27.8 Å². The first-order chi connectivity index (χ1) is 18.5. The van der Waals surface area contributed by atoms with E-state index in [2.05, 4.69) is 0 Å². The number of ether oxygens (including phenoxy) is 1. The Kier molecular flexibility index (Phi) is 6.74. The Morgan fingerprint density at radius 2 is 0.974 bits per heavy atom. The van der Waals surface area contributed by atoms with Gasteiger partial charge < -0.3 is 14.9 Å². The zero-order valence-electron chi connectivity index (χ0n) is 20.3. The molecule has 0 aromatic heterocycles. The second kappa shape index (κ2) is 10.4. The fourth-order valence-corrected chi connectivity index (χ4v) is 4.55. The summed E-state index contributed by atoms with van der Waals surface area (Å²) in [5.74, 6) is -0.0487. The van der Waals surface area contributed by atoms with Gasteiger partial charge in [-0.2, -0.15) is 0 Å². The number of hydrogen-bond donors (Lipinski definition) is 2. The number of carbonyl (C=O) groups excluding carboxylic acids is 2. The third kappa shape index (κ3) is 4.65. The summed E-state index contributed by atoms with van der Waals surface area (Å²) in [4.78, 5) is 24.3. The average molecular weight is 501 g/mol. The van der Waals surface area contributed by atoms with Crippen LogP contribution in [-0.4, -0.2) is 22.0 Å². The van der Waals surface area contributed by atoms with Crippen LogP contribution < -0.4 is 0 Å². The van der Waals surface area contributed by atoms with E-state index in [1.54, 1.807) is 60.7 Å². The Morgan fingerprint density at radius 1 is 0.553 bits per heavy atom. The number of benzene rings is 5. The molecule has 0 saturated heterocycles. The van der Waals surface area contributed by atoms with Gasteiger partial charge in [0.15, 0.2) is 11.4 Å². The molecule has 1 aliphatic rings. The molecule has 0 saturated carbocycles. The number of phenols is 2. The molecule has 0 spiro atoms. The zero-order valence-corrected chi connectivity index (χ0v) is 20.3. The van der Waals surface area contributed by atoms with E-state index in [1.165, 1.54) is 0 Å². The van der Waals surface area contributed by atoms with Crippen molar-refractivity contribution in [2.45, 2.75) is 5.60 Å². The largest absolute Gasteiger partial charge is 0.508 e. The van der Waals surface area contributed by atoms with Gasteiger partial charge in [0.2, 0.25) is 0 Å². The molecule has 2 N–H and O–H groups in total. The molecule has 0 atom stereocenters. The maximum Gasteiger partial charge on any atom is 0.340 e. The van der Waals surface area contributed by atoms with Gasteiger partial charge in [-0.15, -0.1) is 0 Å². The highest BCUT2D eigenvalue weighted by molar-refractivity contribution is 6.08. The normalized spacial score (nSPS) is 13.0. The highest BCUT2D eigenvalue weighted by Crippen LogP contribution is 2.47. The second-order valence-electron chi connectivity index (χ2n) is 8.77. The minimum absolute atomic E-state index is 0.0752. The molecule has 1 aliphatic heterocycles. The third-order valence-electron chi connectivity index (χ3n) is 6.39. The van der Waals surface area contributed by atoms with E-state index in [-0.39, 0.29) is 17.3 Å². The molecule has 5 heteroatoms. The molecule has 1 heterocycles. The number of carbonyl (C=O) groups is 2. The van der Waals surface area contributed by atoms with Crippen LogP contribution >= 0.6 is 0 Å². The monoisotopic (exact) mass is 500 g/mol. The first-order valence-electron chi connectivity index (χ1n) is 12.1. The van der Waals surface area contributed by atoms with Crippen molar-refractivity contribution in [2.24, 2.45) is 0 Å². The first kappa shape index (κ1) is 24.5. The Bertz CT molecular complexity index is 1470. The number of fused-ring (bicyclic) bond motifs is 1. The Morgan fingerprint density at radius 3 is 1.45 bits per heavy atom. The maximum absolute atomic E-state index is 12.4. The van der Waals surface area contributed by atoms with Crippen molar-refractivity contribution in [3.05, 3.63) is 167 Å². The van der Waals surface area contributed by atoms with Crippen LogP contribution in [0.4, 0.5) is 0 Å². The number of hydrogen-bond acceptors (Lipinski definition) is 5. The first-order valence-corrected chi connectivity index (χ1v) is 12.1. The van der Waals surface area contributed by atoms with E-state index < -0.39 is 11.6 Å². The van der Waals surface area contributed by atoms with Gasteiger partial charge >= 0.3 is 5.97 Å². The Balaban J connectivity index is 0.000000179. The fourth-order valence-electron chi connectivity index (χ4n) is 4.55. The predicted octanol–water partition coefficient (Wildman–Crippen LogP) is 6.48. The number of rotatable bonds is 4. The smallest absolute Gasteiger partial charge is 0.340 e. The summed E-state index contributed by atoms with van der Waals surface area (Å²) >= 11 is 0. The van der Waals surface area contributed by atoms with Crippen LogP contribution in [0.2, 0.25) is 0 Å². The molecule has 0 radical (unpaired) electrons. The minimum Gasteiger partial charge on any atom is -0.508 e. The lowest BCUT2D eigenvalue weighted by molar-refractivity contribution is 0.0251. The van der Waals surface area contributed by atoms with Gasteiger partial charge in [-0.1, -0.05) is 103 Å². The van der Waals surface area contributed by atoms with Gasteiger partial charge in [-0.3, -0.25) is 4.79 Å². The third-order valence-corrected chi connectivity index (χ3v) is 6.39. The van der Waals surface area contributed by atoms with Crippen molar-refractivity contribution < 1.29 is 24.5 Å². The summed E-state index contributed by atoms with van der Waals surface area (Å²) in [7, 11) is 0. The second-order valence-corrected chi connectivity index (χ2v) is 8.77. The van der Waals surface area contributed by atoms with Crippen LogP contribution in [-0.2, 0) is 10.3 Å². The Hall–Kier alpha value is -5.16. The molecular formula is C33H24O5. The molecule has 6 rings (SSSR count). The molecule has 0 fully saturated rings. The highest BCUT2D eigenvalue weighted by atomic mass is 16.6. The molecule has 186 valence electrons. The number of phenolic OH excluding ortho intramolecular Hbond substituents is 2. The number of cyclic esters (lactones) is 1. The van der Waals surface area contributed by atoms with Crippen LogP contribution in [0.25, 0.3) is 0 Å². The summed E-state index contributed by atoms with van der Waals surface area (Å²) in [5.41, 5.74) is 3.07. The van der Waals surface area contributed by atoms with Gasteiger partial charge in [0.05, 0.1) is 5.56 Å². The lowest BCUT2D eigenvalue weighted by atomic mass is 9.80. The molecule has 0 aliphatic carbocycles.